The molecule has 0 bridgehead atoms. The van der Waals surface area contributed by atoms with Crippen LogP contribution in [0.15, 0.2) is 78.9 Å². The third-order valence-electron chi connectivity index (χ3n) is 5.25. The lowest BCUT2D eigenvalue weighted by Gasteiger charge is -2.11. The van der Waals surface area contributed by atoms with Gasteiger partial charge in [-0.3, -0.25) is 9.36 Å². The molecule has 160 valence electrons. The van der Waals surface area contributed by atoms with Crippen molar-refractivity contribution in [3.05, 3.63) is 107 Å². The van der Waals surface area contributed by atoms with E-state index in [-0.39, 0.29) is 11.4 Å². The number of benzene rings is 3. The summed E-state index contributed by atoms with van der Waals surface area (Å²) in [5.74, 6) is -0.451. The standard InChI is InChI=1S/C27H21N5O/c1-18-8-12-21(13-9-18)30-25-23(16-28)32(27(33)20-6-4-3-5-7-20)24(17-29)26(25)31-22-14-10-19(2)11-15-22/h3-15,30-31H,1-2H3. The predicted octanol–water partition coefficient (Wildman–Crippen LogP) is 6.02. The van der Waals surface area contributed by atoms with E-state index in [4.69, 9.17) is 0 Å². The number of hydrogen-bond acceptors (Lipinski definition) is 5. The normalized spacial score (nSPS) is 10.2. The first-order chi connectivity index (χ1) is 16.0. The van der Waals surface area contributed by atoms with Crippen LogP contribution in [0.4, 0.5) is 22.7 Å². The van der Waals surface area contributed by atoms with Crippen LogP contribution >= 0.6 is 0 Å². The summed E-state index contributed by atoms with van der Waals surface area (Å²) < 4.78 is 1.17. The van der Waals surface area contributed by atoms with Crippen molar-refractivity contribution in [3.63, 3.8) is 0 Å². The second-order valence-electron chi connectivity index (χ2n) is 7.66. The van der Waals surface area contributed by atoms with Crippen molar-refractivity contribution in [1.29, 1.82) is 10.5 Å². The summed E-state index contributed by atoms with van der Waals surface area (Å²) in [4.78, 5) is 13.4. The van der Waals surface area contributed by atoms with Crippen LogP contribution in [-0.2, 0) is 0 Å². The molecular weight excluding hydrogens is 410 g/mol. The average Bonchev–Trinajstić information content (AvgIpc) is 3.13. The molecule has 2 N–H and O–H groups in total. The topological polar surface area (TPSA) is 93.6 Å². The van der Waals surface area contributed by atoms with Gasteiger partial charge in [-0.1, -0.05) is 53.6 Å². The maximum absolute atomic E-state index is 13.4. The van der Waals surface area contributed by atoms with Crippen LogP contribution in [-0.4, -0.2) is 10.5 Å². The van der Waals surface area contributed by atoms with E-state index in [0.29, 0.717) is 16.9 Å². The summed E-state index contributed by atoms with van der Waals surface area (Å²) >= 11 is 0. The molecule has 1 heterocycles. The molecule has 6 nitrogen and oxygen atoms in total. The highest BCUT2D eigenvalue weighted by Crippen LogP contribution is 2.38. The number of hydrogen-bond donors (Lipinski definition) is 2. The molecule has 0 unspecified atom stereocenters. The number of aryl methyl sites for hydroxylation is 2. The van der Waals surface area contributed by atoms with E-state index < -0.39 is 5.91 Å². The molecule has 33 heavy (non-hydrogen) atoms. The van der Waals surface area contributed by atoms with Gasteiger partial charge < -0.3 is 10.6 Å². The van der Waals surface area contributed by atoms with Gasteiger partial charge in [0.15, 0.2) is 11.4 Å². The van der Waals surface area contributed by atoms with Gasteiger partial charge in [-0.25, -0.2) is 0 Å². The molecule has 0 spiro atoms. The number of nitrogens with one attached hydrogen (secondary N) is 2. The lowest BCUT2D eigenvalue weighted by molar-refractivity contribution is 0.0958. The van der Waals surface area contributed by atoms with Crippen LogP contribution in [0.5, 0.6) is 0 Å². The second kappa shape index (κ2) is 9.13. The van der Waals surface area contributed by atoms with Gasteiger partial charge in [0.2, 0.25) is 0 Å². The quantitative estimate of drug-likeness (QED) is 0.403. The molecule has 0 aliphatic carbocycles. The molecular formula is C27H21N5O. The van der Waals surface area contributed by atoms with Crippen LogP contribution in [0.3, 0.4) is 0 Å². The molecule has 0 fully saturated rings. The largest absolute Gasteiger partial charge is 0.351 e. The summed E-state index contributed by atoms with van der Waals surface area (Å²) in [5, 5.41) is 26.6. The zero-order chi connectivity index (χ0) is 23.4. The van der Waals surface area contributed by atoms with Crippen molar-refractivity contribution in [2.75, 3.05) is 10.6 Å². The highest BCUT2D eigenvalue weighted by atomic mass is 16.2. The minimum Gasteiger partial charge on any atom is -0.351 e. The lowest BCUT2D eigenvalue weighted by Crippen LogP contribution is -2.16. The Morgan fingerprint density at radius 1 is 0.697 bits per heavy atom. The van der Waals surface area contributed by atoms with Gasteiger partial charge in [0.25, 0.3) is 5.91 Å². The van der Waals surface area contributed by atoms with E-state index in [0.717, 1.165) is 22.5 Å². The van der Waals surface area contributed by atoms with Crippen LogP contribution in [0.25, 0.3) is 0 Å². The van der Waals surface area contributed by atoms with Crippen molar-refractivity contribution in [2.24, 2.45) is 0 Å². The summed E-state index contributed by atoms with van der Waals surface area (Å²) in [6.07, 6.45) is 0. The molecule has 0 atom stereocenters. The number of anilines is 4. The Balaban J connectivity index is 1.91. The Morgan fingerprint density at radius 2 is 1.12 bits per heavy atom. The summed E-state index contributed by atoms with van der Waals surface area (Å²) in [6.45, 7) is 3.97. The number of nitriles is 2. The third-order valence-corrected chi connectivity index (χ3v) is 5.25. The second-order valence-corrected chi connectivity index (χ2v) is 7.66. The molecule has 6 heteroatoms. The van der Waals surface area contributed by atoms with Gasteiger partial charge in [-0.2, -0.15) is 10.5 Å². The number of rotatable bonds is 5. The van der Waals surface area contributed by atoms with Crippen molar-refractivity contribution in [3.8, 4) is 12.1 Å². The highest BCUT2D eigenvalue weighted by molar-refractivity contribution is 6.02. The Bertz CT molecular complexity index is 1300. The molecule has 0 aliphatic rings. The van der Waals surface area contributed by atoms with Crippen molar-refractivity contribution in [1.82, 2.24) is 4.57 Å². The van der Waals surface area contributed by atoms with Gasteiger partial charge in [-0.15, -0.1) is 0 Å². The van der Waals surface area contributed by atoms with E-state index in [2.05, 4.69) is 22.8 Å². The van der Waals surface area contributed by atoms with E-state index in [1.807, 2.05) is 62.4 Å². The van der Waals surface area contributed by atoms with E-state index in [9.17, 15) is 15.3 Å². The molecule has 4 aromatic rings. The average molecular weight is 431 g/mol. The Hall–Kier alpha value is -4.81. The fourth-order valence-corrected chi connectivity index (χ4v) is 3.50. The van der Waals surface area contributed by atoms with E-state index in [1.165, 1.54) is 4.57 Å². The molecule has 0 radical (unpaired) electrons. The molecule has 0 saturated carbocycles. The molecule has 0 aliphatic heterocycles. The number of aromatic nitrogens is 1. The number of nitrogens with zero attached hydrogens (tertiary/aromatic N) is 3. The lowest BCUT2D eigenvalue weighted by atomic mass is 10.2. The maximum Gasteiger partial charge on any atom is 0.264 e. The van der Waals surface area contributed by atoms with Gasteiger partial charge in [0, 0.05) is 16.9 Å². The van der Waals surface area contributed by atoms with Gasteiger partial charge >= 0.3 is 0 Å². The van der Waals surface area contributed by atoms with E-state index >= 15 is 0 Å². The fraction of sp³-hybridized carbons (Fsp3) is 0.0741. The molecule has 3 aromatic carbocycles. The predicted molar refractivity (Wildman–Crippen MR) is 129 cm³/mol. The molecule has 4 rings (SSSR count). The Morgan fingerprint density at radius 3 is 1.52 bits per heavy atom. The first kappa shape index (κ1) is 21.4. The first-order valence-corrected chi connectivity index (χ1v) is 10.4. The Kier molecular flexibility index (Phi) is 5.93. The maximum atomic E-state index is 13.4. The van der Waals surface area contributed by atoms with E-state index in [1.54, 1.807) is 30.3 Å². The van der Waals surface area contributed by atoms with Gasteiger partial charge in [-0.05, 0) is 50.2 Å². The zero-order valence-corrected chi connectivity index (χ0v) is 18.3. The minimum atomic E-state index is -0.451. The van der Waals surface area contributed by atoms with Gasteiger partial charge in [0.05, 0.1) is 0 Å². The fourth-order valence-electron chi connectivity index (χ4n) is 3.50. The Labute approximate surface area is 192 Å². The number of carbonyl (C=O) groups is 1. The highest BCUT2D eigenvalue weighted by Gasteiger charge is 2.28. The van der Waals surface area contributed by atoms with Crippen LogP contribution in [0.1, 0.15) is 32.9 Å². The third kappa shape index (κ3) is 4.32. The van der Waals surface area contributed by atoms with Crippen LogP contribution in [0, 0.1) is 36.5 Å². The first-order valence-electron chi connectivity index (χ1n) is 10.4. The van der Waals surface area contributed by atoms with Crippen molar-refractivity contribution in [2.45, 2.75) is 13.8 Å². The minimum absolute atomic E-state index is 0.0515. The molecule has 1 aromatic heterocycles. The summed E-state index contributed by atoms with van der Waals surface area (Å²) in [6, 6.07) is 28.2. The smallest absolute Gasteiger partial charge is 0.264 e. The zero-order valence-electron chi connectivity index (χ0n) is 18.3. The van der Waals surface area contributed by atoms with Crippen LogP contribution in [0.2, 0.25) is 0 Å². The van der Waals surface area contributed by atoms with Crippen molar-refractivity contribution >= 4 is 28.7 Å². The summed E-state index contributed by atoms with van der Waals surface area (Å²) in [5.41, 5.74) is 4.86. The monoisotopic (exact) mass is 431 g/mol. The van der Waals surface area contributed by atoms with Gasteiger partial charge in [0.1, 0.15) is 23.5 Å². The summed E-state index contributed by atoms with van der Waals surface area (Å²) in [7, 11) is 0. The molecule has 0 saturated heterocycles. The van der Waals surface area contributed by atoms with Crippen LogP contribution < -0.4 is 10.6 Å². The molecule has 0 amide bonds. The van der Waals surface area contributed by atoms with Crippen molar-refractivity contribution < 1.29 is 4.79 Å². The SMILES string of the molecule is Cc1ccc(Nc2c(Nc3ccc(C)cc3)c(C#N)n(C(=O)c3ccccc3)c2C#N)cc1. The number of carbonyl (C=O) groups excluding carboxylic acids is 1.